The van der Waals surface area contributed by atoms with E-state index >= 15 is 0 Å². The lowest BCUT2D eigenvalue weighted by molar-refractivity contribution is -0.137. The van der Waals surface area contributed by atoms with E-state index in [0.717, 1.165) is 4.31 Å². The van der Waals surface area contributed by atoms with E-state index in [0.29, 0.717) is 26.1 Å². The van der Waals surface area contributed by atoms with Crippen molar-refractivity contribution in [1.82, 2.24) is 13.5 Å². The van der Waals surface area contributed by atoms with Crippen molar-refractivity contribution in [1.29, 1.82) is 0 Å². The Morgan fingerprint density at radius 3 is 2.48 bits per heavy atom. The Morgan fingerprint density at radius 1 is 1.24 bits per heavy atom. The Morgan fingerprint density at radius 2 is 1.90 bits per heavy atom. The third-order valence-corrected chi connectivity index (χ3v) is 5.28. The lowest BCUT2D eigenvalue weighted by atomic mass is 10.4. The van der Waals surface area contributed by atoms with Crippen molar-refractivity contribution in [2.45, 2.75) is 12.8 Å². The summed E-state index contributed by atoms with van der Waals surface area (Å²) in [4.78, 5) is 23.2. The SMILES string of the molecule is CN(CCC(=O)O)S(=O)(=O)N1CCCN(CC(N)=O)CC1. The van der Waals surface area contributed by atoms with Gasteiger partial charge in [0.1, 0.15) is 0 Å². The molecule has 1 heterocycles. The largest absolute Gasteiger partial charge is 0.481 e. The molecule has 0 aromatic rings. The first kappa shape index (κ1) is 17.8. The number of aliphatic carboxylic acids is 1. The van der Waals surface area contributed by atoms with E-state index in [2.05, 4.69) is 0 Å². The first-order valence-corrected chi connectivity index (χ1v) is 8.07. The van der Waals surface area contributed by atoms with E-state index in [-0.39, 0.29) is 26.1 Å². The maximum Gasteiger partial charge on any atom is 0.304 e. The highest BCUT2D eigenvalue weighted by molar-refractivity contribution is 7.86. The Hall–Kier alpha value is -1.23. The number of rotatable bonds is 7. The lowest BCUT2D eigenvalue weighted by Gasteiger charge is -2.26. The van der Waals surface area contributed by atoms with E-state index < -0.39 is 22.1 Å². The summed E-state index contributed by atoms with van der Waals surface area (Å²) in [6.07, 6.45) is 0.358. The second-order valence-corrected chi connectivity index (χ2v) is 7.00. The van der Waals surface area contributed by atoms with Crippen molar-refractivity contribution >= 4 is 22.1 Å². The first-order valence-electron chi connectivity index (χ1n) is 6.67. The number of amides is 1. The van der Waals surface area contributed by atoms with Gasteiger partial charge in [-0.25, -0.2) is 0 Å². The van der Waals surface area contributed by atoms with Crippen LogP contribution in [-0.2, 0) is 19.8 Å². The van der Waals surface area contributed by atoms with Crippen LogP contribution in [0.25, 0.3) is 0 Å². The van der Waals surface area contributed by atoms with Gasteiger partial charge < -0.3 is 10.8 Å². The molecule has 10 heteroatoms. The second kappa shape index (κ2) is 7.69. The minimum atomic E-state index is -3.67. The molecule has 1 fully saturated rings. The average molecular weight is 322 g/mol. The van der Waals surface area contributed by atoms with Gasteiger partial charge in [-0.1, -0.05) is 0 Å². The van der Waals surface area contributed by atoms with Crippen molar-refractivity contribution < 1.29 is 23.1 Å². The molecule has 0 atom stereocenters. The summed E-state index contributed by atoms with van der Waals surface area (Å²) in [5, 5.41) is 8.62. The van der Waals surface area contributed by atoms with Gasteiger partial charge in [-0.15, -0.1) is 0 Å². The number of carbonyl (C=O) groups is 2. The van der Waals surface area contributed by atoms with Crippen LogP contribution in [0.4, 0.5) is 0 Å². The highest BCUT2D eigenvalue weighted by Crippen LogP contribution is 2.11. The standard InChI is InChI=1S/C11H22N4O5S/c1-13(6-3-11(17)18)21(19,20)15-5-2-4-14(7-8-15)9-10(12)16/h2-9H2,1H3,(H2,12,16)(H,17,18). The van der Waals surface area contributed by atoms with Crippen molar-refractivity contribution in [3.8, 4) is 0 Å². The Labute approximate surface area is 124 Å². The summed E-state index contributed by atoms with van der Waals surface area (Å²) in [5.74, 6) is -1.48. The zero-order chi connectivity index (χ0) is 16.0. The fourth-order valence-electron chi connectivity index (χ4n) is 2.12. The Bertz CT molecular complexity index is 481. The molecule has 0 bridgehead atoms. The molecule has 0 spiro atoms. The molecule has 3 N–H and O–H groups in total. The molecular formula is C11H22N4O5S. The van der Waals surface area contributed by atoms with E-state index in [4.69, 9.17) is 10.8 Å². The molecule has 1 amide bonds. The number of primary amides is 1. The van der Waals surface area contributed by atoms with Crippen LogP contribution in [0.1, 0.15) is 12.8 Å². The summed E-state index contributed by atoms with van der Waals surface area (Å²) in [5.41, 5.74) is 5.13. The van der Waals surface area contributed by atoms with Crippen molar-refractivity contribution in [3.05, 3.63) is 0 Å². The third kappa shape index (κ3) is 5.58. The highest BCUT2D eigenvalue weighted by atomic mass is 32.2. The van der Waals surface area contributed by atoms with E-state index in [9.17, 15) is 18.0 Å². The zero-order valence-electron chi connectivity index (χ0n) is 12.1. The molecule has 9 nitrogen and oxygen atoms in total. The van der Waals surface area contributed by atoms with E-state index in [1.807, 2.05) is 4.90 Å². The quantitative estimate of drug-likeness (QED) is 0.566. The summed E-state index contributed by atoms with van der Waals surface area (Å²) in [6.45, 7) is 1.67. The van der Waals surface area contributed by atoms with Crippen molar-refractivity contribution in [2.24, 2.45) is 5.73 Å². The molecule has 0 aromatic heterocycles. The molecule has 1 aliphatic heterocycles. The Kier molecular flexibility index (Phi) is 6.52. The molecule has 0 radical (unpaired) electrons. The Balaban J connectivity index is 2.62. The molecule has 0 saturated carbocycles. The average Bonchev–Trinajstić information content (AvgIpc) is 2.61. The molecule has 122 valence electrons. The minimum Gasteiger partial charge on any atom is -0.481 e. The normalized spacial score (nSPS) is 18.6. The van der Waals surface area contributed by atoms with Gasteiger partial charge in [0.15, 0.2) is 0 Å². The van der Waals surface area contributed by atoms with Gasteiger partial charge in [-0.2, -0.15) is 17.0 Å². The molecule has 21 heavy (non-hydrogen) atoms. The number of nitrogens with zero attached hydrogens (tertiary/aromatic N) is 3. The van der Waals surface area contributed by atoms with Crippen LogP contribution < -0.4 is 5.73 Å². The van der Waals surface area contributed by atoms with Crippen LogP contribution in [0.15, 0.2) is 0 Å². The molecule has 0 unspecified atom stereocenters. The fourth-order valence-corrected chi connectivity index (χ4v) is 3.51. The molecule has 0 aliphatic carbocycles. The number of hydrogen-bond donors (Lipinski definition) is 2. The maximum absolute atomic E-state index is 12.3. The van der Waals surface area contributed by atoms with Crippen LogP contribution in [-0.4, -0.2) is 85.2 Å². The van der Waals surface area contributed by atoms with Crippen LogP contribution in [0.2, 0.25) is 0 Å². The van der Waals surface area contributed by atoms with Gasteiger partial charge in [0.05, 0.1) is 13.0 Å². The van der Waals surface area contributed by atoms with Crippen LogP contribution >= 0.6 is 0 Å². The van der Waals surface area contributed by atoms with Gasteiger partial charge in [-0.3, -0.25) is 14.5 Å². The third-order valence-electron chi connectivity index (χ3n) is 3.29. The predicted octanol–water partition coefficient (Wildman–Crippen LogP) is -1.87. The topological polar surface area (TPSA) is 124 Å². The van der Waals surface area contributed by atoms with Crippen LogP contribution in [0.5, 0.6) is 0 Å². The summed E-state index contributed by atoms with van der Waals surface area (Å²) in [7, 11) is -2.31. The zero-order valence-corrected chi connectivity index (χ0v) is 12.9. The van der Waals surface area contributed by atoms with Gasteiger partial charge >= 0.3 is 5.97 Å². The highest BCUT2D eigenvalue weighted by Gasteiger charge is 2.29. The molecule has 1 aliphatic rings. The van der Waals surface area contributed by atoms with Gasteiger partial charge in [0.25, 0.3) is 10.2 Å². The predicted molar refractivity (Wildman–Crippen MR) is 75.6 cm³/mol. The molecular weight excluding hydrogens is 300 g/mol. The lowest BCUT2D eigenvalue weighted by Crippen LogP contribution is -2.44. The molecule has 1 rings (SSSR count). The minimum absolute atomic E-state index is 0.0703. The number of carbonyl (C=O) groups excluding carboxylic acids is 1. The summed E-state index contributed by atoms with van der Waals surface area (Å²) < 4.78 is 27.0. The van der Waals surface area contributed by atoms with Crippen molar-refractivity contribution in [3.63, 3.8) is 0 Å². The van der Waals surface area contributed by atoms with Crippen LogP contribution in [0.3, 0.4) is 0 Å². The van der Waals surface area contributed by atoms with E-state index in [1.165, 1.54) is 11.4 Å². The maximum atomic E-state index is 12.3. The number of nitrogens with two attached hydrogens (primary N) is 1. The van der Waals surface area contributed by atoms with Crippen molar-refractivity contribution in [2.75, 3.05) is 46.3 Å². The number of hydrogen-bond acceptors (Lipinski definition) is 5. The van der Waals surface area contributed by atoms with Gasteiger partial charge in [-0.05, 0) is 13.0 Å². The molecule has 1 saturated heterocycles. The van der Waals surface area contributed by atoms with E-state index in [1.54, 1.807) is 0 Å². The van der Waals surface area contributed by atoms with Gasteiger partial charge in [0.2, 0.25) is 5.91 Å². The fraction of sp³-hybridized carbons (Fsp3) is 0.818. The second-order valence-electron chi connectivity index (χ2n) is 4.97. The summed E-state index contributed by atoms with van der Waals surface area (Å²) >= 11 is 0. The molecule has 0 aromatic carbocycles. The number of carboxylic acids is 1. The smallest absolute Gasteiger partial charge is 0.304 e. The monoisotopic (exact) mass is 322 g/mol. The summed E-state index contributed by atoms with van der Waals surface area (Å²) in [6, 6.07) is 0. The van der Waals surface area contributed by atoms with Gasteiger partial charge in [0, 0.05) is 33.2 Å². The number of carboxylic acid groups (broad SMARTS) is 1. The van der Waals surface area contributed by atoms with Crippen LogP contribution in [0, 0.1) is 0 Å². The first-order chi connectivity index (χ1) is 9.73.